The minimum atomic E-state index is 0.0639. The maximum Gasteiger partial charge on any atom is 0.234 e. The van der Waals surface area contributed by atoms with Crippen molar-refractivity contribution in [1.29, 1.82) is 0 Å². The Labute approximate surface area is 126 Å². The molecule has 1 N–H and O–H groups in total. The normalized spacial score (nSPS) is 29.2. The molecule has 0 bridgehead atoms. The van der Waals surface area contributed by atoms with Crippen LogP contribution in [0.2, 0.25) is 0 Å². The Morgan fingerprint density at radius 1 is 1.37 bits per heavy atom. The van der Waals surface area contributed by atoms with E-state index in [9.17, 15) is 4.79 Å². The molecule has 1 aliphatic carbocycles. The summed E-state index contributed by atoms with van der Waals surface area (Å²) in [6.07, 6.45) is 4.47. The number of carbonyl (C=O) groups is 1. The molecule has 2 aliphatic rings. The maximum absolute atomic E-state index is 12.4. The molecule has 3 unspecified atom stereocenters. The fraction of sp³-hybridized carbons (Fsp3) is 0.533. The monoisotopic (exact) mass is 339 g/mol. The number of nitrogens with one attached hydrogen (secondary N) is 1. The molecule has 2 nitrogen and oxygen atoms in total. The highest BCUT2D eigenvalue weighted by atomic mass is 79.9. The molecule has 0 radical (unpaired) electrons. The van der Waals surface area contributed by atoms with E-state index >= 15 is 0 Å². The van der Waals surface area contributed by atoms with Crippen LogP contribution in [0.25, 0.3) is 0 Å². The van der Waals surface area contributed by atoms with Gasteiger partial charge in [0.05, 0.1) is 5.25 Å². The summed E-state index contributed by atoms with van der Waals surface area (Å²) < 4.78 is 0. The van der Waals surface area contributed by atoms with Crippen LogP contribution in [0.15, 0.2) is 29.2 Å². The third-order valence-corrected chi connectivity index (χ3v) is 6.27. The van der Waals surface area contributed by atoms with Crippen LogP contribution in [0.4, 0.5) is 0 Å². The van der Waals surface area contributed by atoms with Crippen molar-refractivity contribution in [3.05, 3.63) is 29.8 Å². The second kappa shape index (κ2) is 5.88. The molecule has 1 aromatic carbocycles. The van der Waals surface area contributed by atoms with E-state index in [1.807, 2.05) is 6.07 Å². The molecule has 0 saturated heterocycles. The van der Waals surface area contributed by atoms with Gasteiger partial charge in [0.25, 0.3) is 0 Å². The second-order valence-corrected chi connectivity index (χ2v) is 7.27. The van der Waals surface area contributed by atoms with Crippen molar-refractivity contribution in [2.75, 3.05) is 5.33 Å². The summed E-state index contributed by atoms with van der Waals surface area (Å²) in [5.41, 5.74) is 1.32. The van der Waals surface area contributed by atoms with Gasteiger partial charge in [-0.1, -0.05) is 40.5 Å². The molecule has 1 saturated carbocycles. The van der Waals surface area contributed by atoms with Crippen molar-refractivity contribution in [2.45, 2.75) is 41.9 Å². The molecule has 19 heavy (non-hydrogen) atoms. The lowest BCUT2D eigenvalue weighted by Gasteiger charge is -2.20. The van der Waals surface area contributed by atoms with Crippen molar-refractivity contribution in [1.82, 2.24) is 5.32 Å². The van der Waals surface area contributed by atoms with Gasteiger partial charge in [-0.05, 0) is 36.8 Å². The van der Waals surface area contributed by atoms with Crippen LogP contribution in [0.1, 0.15) is 24.8 Å². The lowest BCUT2D eigenvalue weighted by atomic mass is 10.1. The molecule has 1 aromatic rings. The zero-order valence-corrected chi connectivity index (χ0v) is 13.2. The van der Waals surface area contributed by atoms with Gasteiger partial charge in [0, 0.05) is 16.3 Å². The SMILES string of the molecule is O=C(NC1CCCC1CBr)C1Cc2ccccc2S1. The van der Waals surface area contributed by atoms with Gasteiger partial charge in [-0.3, -0.25) is 4.79 Å². The second-order valence-electron chi connectivity index (χ2n) is 5.38. The number of carbonyl (C=O) groups excluding carboxylic acids is 1. The summed E-state index contributed by atoms with van der Waals surface area (Å²) >= 11 is 5.27. The molecular formula is C15H18BrNOS. The molecular weight excluding hydrogens is 322 g/mol. The fourth-order valence-electron chi connectivity index (χ4n) is 3.02. The van der Waals surface area contributed by atoms with Crippen LogP contribution in [0.5, 0.6) is 0 Å². The Balaban J connectivity index is 1.61. The van der Waals surface area contributed by atoms with Gasteiger partial charge in [-0.15, -0.1) is 11.8 Å². The third-order valence-electron chi connectivity index (χ3n) is 4.12. The number of thioether (sulfide) groups is 1. The van der Waals surface area contributed by atoms with Gasteiger partial charge in [0.2, 0.25) is 5.91 Å². The third kappa shape index (κ3) is 2.84. The van der Waals surface area contributed by atoms with E-state index in [1.165, 1.54) is 23.3 Å². The predicted molar refractivity (Wildman–Crippen MR) is 82.9 cm³/mol. The van der Waals surface area contributed by atoms with Crippen LogP contribution >= 0.6 is 27.7 Å². The topological polar surface area (TPSA) is 29.1 Å². The summed E-state index contributed by atoms with van der Waals surface area (Å²) in [5.74, 6) is 0.830. The van der Waals surface area contributed by atoms with Gasteiger partial charge in [0.1, 0.15) is 0 Å². The number of benzene rings is 1. The number of hydrogen-bond donors (Lipinski definition) is 1. The number of rotatable bonds is 3. The summed E-state index contributed by atoms with van der Waals surface area (Å²) in [4.78, 5) is 13.7. The highest BCUT2D eigenvalue weighted by Crippen LogP contribution is 2.37. The highest BCUT2D eigenvalue weighted by molar-refractivity contribution is 9.09. The smallest absolute Gasteiger partial charge is 0.234 e. The average Bonchev–Trinajstić information content (AvgIpc) is 3.03. The van der Waals surface area contributed by atoms with Crippen molar-refractivity contribution in [3.8, 4) is 0 Å². The zero-order chi connectivity index (χ0) is 13.2. The molecule has 3 rings (SSSR count). The Morgan fingerprint density at radius 2 is 2.21 bits per heavy atom. The number of fused-ring (bicyclic) bond motifs is 1. The standard InChI is InChI=1S/C15H18BrNOS/c16-9-11-5-3-6-12(11)17-15(18)14-8-10-4-1-2-7-13(10)19-14/h1-2,4,7,11-12,14H,3,5-6,8-9H2,(H,17,18). The van der Waals surface area contributed by atoms with E-state index in [1.54, 1.807) is 11.8 Å². The average molecular weight is 340 g/mol. The van der Waals surface area contributed by atoms with Crippen molar-refractivity contribution in [2.24, 2.45) is 5.92 Å². The number of alkyl halides is 1. The first-order valence-corrected chi connectivity index (χ1v) is 8.89. The minimum Gasteiger partial charge on any atom is -0.352 e. The first-order valence-electron chi connectivity index (χ1n) is 6.89. The van der Waals surface area contributed by atoms with Crippen LogP contribution in [0.3, 0.4) is 0 Å². The van der Waals surface area contributed by atoms with E-state index in [0.29, 0.717) is 12.0 Å². The number of halogens is 1. The van der Waals surface area contributed by atoms with Crippen LogP contribution < -0.4 is 5.32 Å². The predicted octanol–water partition coefficient (Wildman–Crippen LogP) is 3.38. The quantitative estimate of drug-likeness (QED) is 0.855. The Bertz CT molecular complexity index is 454. The van der Waals surface area contributed by atoms with Crippen LogP contribution in [-0.4, -0.2) is 22.5 Å². The maximum atomic E-state index is 12.4. The molecule has 4 heteroatoms. The molecule has 0 spiro atoms. The first-order chi connectivity index (χ1) is 9.28. The van der Waals surface area contributed by atoms with Crippen LogP contribution in [-0.2, 0) is 11.2 Å². The molecule has 102 valence electrons. The van der Waals surface area contributed by atoms with Gasteiger partial charge >= 0.3 is 0 Å². The van der Waals surface area contributed by atoms with Crippen LogP contribution in [0, 0.1) is 5.92 Å². The lowest BCUT2D eigenvalue weighted by Crippen LogP contribution is -2.42. The van der Waals surface area contributed by atoms with Crippen molar-refractivity contribution in [3.63, 3.8) is 0 Å². The van der Waals surface area contributed by atoms with Gasteiger partial charge in [-0.2, -0.15) is 0 Å². The van der Waals surface area contributed by atoms with E-state index in [-0.39, 0.29) is 11.2 Å². The Kier molecular flexibility index (Phi) is 4.18. The Hall–Kier alpha value is -0.480. The number of amides is 1. The van der Waals surface area contributed by atoms with E-state index in [0.717, 1.165) is 18.2 Å². The van der Waals surface area contributed by atoms with Crippen molar-refractivity contribution >= 4 is 33.6 Å². The highest BCUT2D eigenvalue weighted by Gasteiger charge is 2.32. The Morgan fingerprint density at radius 3 is 3.00 bits per heavy atom. The number of hydrogen-bond acceptors (Lipinski definition) is 2. The largest absolute Gasteiger partial charge is 0.352 e. The molecule has 0 aromatic heterocycles. The lowest BCUT2D eigenvalue weighted by molar-refractivity contribution is -0.121. The molecule has 1 heterocycles. The van der Waals surface area contributed by atoms with Gasteiger partial charge in [-0.25, -0.2) is 0 Å². The summed E-state index contributed by atoms with van der Waals surface area (Å²) in [6.45, 7) is 0. The molecule has 1 amide bonds. The van der Waals surface area contributed by atoms with E-state index in [2.05, 4.69) is 39.4 Å². The molecule has 1 aliphatic heterocycles. The molecule has 1 fully saturated rings. The van der Waals surface area contributed by atoms with E-state index < -0.39 is 0 Å². The molecule has 3 atom stereocenters. The zero-order valence-electron chi connectivity index (χ0n) is 10.8. The van der Waals surface area contributed by atoms with Crippen molar-refractivity contribution < 1.29 is 4.79 Å². The summed E-state index contributed by atoms with van der Waals surface area (Å²) in [7, 11) is 0. The summed E-state index contributed by atoms with van der Waals surface area (Å²) in [5, 5.41) is 4.33. The fourth-order valence-corrected chi connectivity index (χ4v) is 4.99. The van der Waals surface area contributed by atoms with Gasteiger partial charge < -0.3 is 5.32 Å². The van der Waals surface area contributed by atoms with E-state index in [4.69, 9.17) is 0 Å². The first kappa shape index (κ1) is 13.5. The summed E-state index contributed by atoms with van der Waals surface area (Å²) in [6, 6.07) is 8.72. The van der Waals surface area contributed by atoms with Gasteiger partial charge in [0.15, 0.2) is 0 Å². The minimum absolute atomic E-state index is 0.0639.